The number of aliphatic hydroxyl groups excluding tert-OH is 3. The Labute approximate surface area is 349 Å². The number of amides is 2. The molecule has 3 aliphatic rings. The minimum atomic E-state index is -3.00. The van der Waals surface area contributed by atoms with Crippen molar-refractivity contribution in [3.63, 3.8) is 0 Å². The van der Waals surface area contributed by atoms with Crippen LogP contribution in [0.4, 0.5) is 0 Å². The zero-order chi connectivity index (χ0) is 43.1. The van der Waals surface area contributed by atoms with Gasteiger partial charge in [0.05, 0.1) is 18.1 Å². The van der Waals surface area contributed by atoms with Gasteiger partial charge in [0.2, 0.25) is 5.78 Å². The summed E-state index contributed by atoms with van der Waals surface area (Å²) in [4.78, 5) is 54.8. The van der Waals surface area contributed by atoms with E-state index in [-0.39, 0.29) is 30.0 Å². The molecule has 3 aliphatic carbocycles. The fourth-order valence-electron chi connectivity index (χ4n) is 10.0. The van der Waals surface area contributed by atoms with Crippen molar-refractivity contribution in [1.29, 1.82) is 0 Å². The molecule has 60 heavy (non-hydrogen) atoms. The zero-order valence-electron chi connectivity index (χ0n) is 33.8. The molecular weight excluding hydrogens is 782 g/mol. The first-order valence-corrected chi connectivity index (χ1v) is 22.5. The summed E-state index contributed by atoms with van der Waals surface area (Å²) in [6, 6.07) is 33.8. The molecular formula is C47H52N3O9P. The summed E-state index contributed by atoms with van der Waals surface area (Å²) in [5.41, 5.74) is 1.34. The summed E-state index contributed by atoms with van der Waals surface area (Å²) in [5.74, 6) is -9.78. The molecule has 4 aromatic carbocycles. The molecule has 0 radical (unpaired) electrons. The average molecular weight is 834 g/mol. The number of Topliss-reactive ketones (excluding diaryl/α,β-unsaturated/α-hetero) is 2. The number of carbonyl (C=O) groups excluding carboxylic acids is 4. The Kier molecular flexibility index (Phi) is 11.9. The van der Waals surface area contributed by atoms with Crippen molar-refractivity contribution in [2.45, 2.75) is 62.8 Å². The average Bonchev–Trinajstić information content (AvgIpc) is 3.24. The Morgan fingerprint density at radius 3 is 1.88 bits per heavy atom. The van der Waals surface area contributed by atoms with Crippen molar-refractivity contribution in [2.24, 2.45) is 17.6 Å². The van der Waals surface area contributed by atoms with Gasteiger partial charge in [-0.25, -0.2) is 0 Å². The van der Waals surface area contributed by atoms with E-state index in [2.05, 4.69) is 78.1 Å². The predicted octanol–water partition coefficient (Wildman–Crippen LogP) is 3.56. The topological polar surface area (TPSA) is 211 Å². The van der Waals surface area contributed by atoms with E-state index in [1.54, 1.807) is 19.1 Å². The molecule has 12 nitrogen and oxygen atoms in total. The van der Waals surface area contributed by atoms with Crippen LogP contribution < -0.4 is 27.0 Å². The van der Waals surface area contributed by atoms with Gasteiger partial charge in [0.1, 0.15) is 17.1 Å². The molecule has 8 N–H and O–H groups in total. The molecule has 0 spiro atoms. The fraction of sp³-hybridized carbons (Fsp3) is 0.319. The van der Waals surface area contributed by atoms with Gasteiger partial charge in [0, 0.05) is 11.5 Å². The molecule has 6 atom stereocenters. The Bertz CT molecular complexity index is 2290. The first-order valence-electron chi connectivity index (χ1n) is 20.3. The molecule has 0 aliphatic heterocycles. The number of nitrogens with zero attached hydrogens (tertiary/aromatic N) is 1. The number of benzene rings is 4. The van der Waals surface area contributed by atoms with Crippen LogP contribution in [0.1, 0.15) is 60.0 Å². The number of primary amides is 1. The molecule has 4 aromatic rings. The van der Waals surface area contributed by atoms with Gasteiger partial charge in [-0.15, -0.1) is 0 Å². The number of rotatable bonds is 13. The smallest absolute Gasteiger partial charge is 0.510 e. The first-order chi connectivity index (χ1) is 28.7. The summed E-state index contributed by atoms with van der Waals surface area (Å²) in [7, 11) is 0.575. The van der Waals surface area contributed by atoms with Gasteiger partial charge >= 0.3 is 214 Å². The van der Waals surface area contributed by atoms with Crippen molar-refractivity contribution in [1.82, 2.24) is 10.2 Å². The summed E-state index contributed by atoms with van der Waals surface area (Å²) in [5, 5.41) is 64.9. The SMILES string of the molecule is C[C@H]1c2ccc(CNC(=O)CCCCC[PH](c3ccccc3)(c3ccccc3)c3ccccc3)c(O)c2C(=O)C2=C(O)[C@]3(O)C(=O)C(C(N)=O)=C(O)[C@@H](N(C)C)[C@@H]3[C@@H](O)[C@@H]21. The van der Waals surface area contributed by atoms with Gasteiger partial charge in [0.25, 0.3) is 5.91 Å². The van der Waals surface area contributed by atoms with Gasteiger partial charge in [-0.2, -0.15) is 0 Å². The molecule has 13 heteroatoms. The van der Waals surface area contributed by atoms with Crippen molar-refractivity contribution < 1.29 is 44.7 Å². The molecule has 0 bridgehead atoms. The van der Waals surface area contributed by atoms with E-state index in [9.17, 15) is 44.7 Å². The van der Waals surface area contributed by atoms with Crippen molar-refractivity contribution >= 4 is 46.6 Å². The Morgan fingerprint density at radius 1 is 0.817 bits per heavy atom. The maximum absolute atomic E-state index is 14.3. The van der Waals surface area contributed by atoms with Gasteiger partial charge in [-0.3, -0.25) is 19.3 Å². The van der Waals surface area contributed by atoms with Crippen LogP contribution in [0.3, 0.4) is 0 Å². The van der Waals surface area contributed by atoms with Crippen LogP contribution >= 0.6 is 7.26 Å². The second kappa shape index (κ2) is 16.8. The normalized spacial score (nSPS) is 24.1. The van der Waals surface area contributed by atoms with Crippen molar-refractivity contribution in [3.8, 4) is 5.75 Å². The Hall–Kier alpha value is -5.65. The number of nitrogens with two attached hydrogens (primary N) is 1. The quantitative estimate of drug-likeness (QED) is 0.0592. The number of phenols is 1. The second-order valence-corrected chi connectivity index (χ2v) is 20.5. The Morgan fingerprint density at radius 2 is 1.37 bits per heavy atom. The van der Waals surface area contributed by atoms with Crippen LogP contribution in [-0.4, -0.2) is 91.8 Å². The molecule has 0 fully saturated rings. The zero-order valence-corrected chi connectivity index (χ0v) is 34.8. The van der Waals surface area contributed by atoms with E-state index in [4.69, 9.17) is 5.73 Å². The standard InChI is InChI=1S/C47H52N3O9P/c1-27-32-24-23-28(40(52)35(32)41(53)36-34(27)42(54)38-39(50(2)3)43(55)37(46(48)58)45(57)47(38,59)44(36)56)26-49-33(51)22-14-7-15-25-60(29-16-8-4-9-17-29,30-18-10-5-11-19-30)31-20-12-6-13-21-31/h4-6,8-13,16-21,23-24,27,34,38-39,42,52,54-56,59-60H,7,14-15,22,25-26H2,1-3H3,(H2,48,58)(H,49,51)/t27-,34+,38+,39-,42-,47-/m0/s1. The molecule has 0 saturated carbocycles. The van der Waals surface area contributed by atoms with E-state index in [0.29, 0.717) is 12.0 Å². The molecule has 7 rings (SSSR count). The van der Waals surface area contributed by atoms with Gasteiger partial charge < -0.3 is 26.2 Å². The first kappa shape index (κ1) is 42.5. The van der Waals surface area contributed by atoms with Crippen LogP contribution in [0, 0.1) is 11.8 Å². The summed E-state index contributed by atoms with van der Waals surface area (Å²) in [6.45, 7) is 1.56. The van der Waals surface area contributed by atoms with Crippen LogP contribution in [0.25, 0.3) is 0 Å². The molecule has 0 saturated heterocycles. The van der Waals surface area contributed by atoms with Gasteiger partial charge in [-0.05, 0) is 20.0 Å². The van der Waals surface area contributed by atoms with Gasteiger partial charge in [-0.1, -0.05) is 6.92 Å². The van der Waals surface area contributed by atoms with Gasteiger partial charge in [0.15, 0.2) is 5.60 Å². The van der Waals surface area contributed by atoms with E-state index >= 15 is 0 Å². The van der Waals surface area contributed by atoms with E-state index in [0.717, 1.165) is 19.0 Å². The minimum absolute atomic E-state index is 0.107. The number of nitrogens with one attached hydrogen (secondary N) is 1. The second-order valence-electron chi connectivity index (χ2n) is 16.4. The van der Waals surface area contributed by atoms with Crippen LogP contribution in [0.2, 0.25) is 0 Å². The third-order valence-electron chi connectivity index (χ3n) is 12.9. The number of carbonyl (C=O) groups is 4. The third kappa shape index (κ3) is 6.91. The van der Waals surface area contributed by atoms with Crippen molar-refractivity contribution in [3.05, 3.63) is 142 Å². The maximum atomic E-state index is 14.3. The summed E-state index contributed by atoms with van der Waals surface area (Å²) in [6.07, 6.45) is 1.88. The number of ketones is 2. The number of likely N-dealkylation sites (N-methyl/N-ethyl adjacent to an activating group) is 1. The molecule has 314 valence electrons. The Balaban J connectivity index is 1.06. The number of phenolic OH excluding ortho intramolecular Hbond substituents is 1. The number of aromatic hydroxyl groups is 1. The predicted molar refractivity (Wildman–Crippen MR) is 231 cm³/mol. The number of hydrogen-bond acceptors (Lipinski definition) is 10. The fourth-order valence-corrected chi connectivity index (χ4v) is 15.0. The van der Waals surface area contributed by atoms with E-state index in [1.165, 1.54) is 34.9 Å². The van der Waals surface area contributed by atoms with Crippen molar-refractivity contribution in [2.75, 3.05) is 20.3 Å². The summed E-state index contributed by atoms with van der Waals surface area (Å²) >= 11 is 0. The number of fused-ring (bicyclic) bond motifs is 3. The summed E-state index contributed by atoms with van der Waals surface area (Å²) < 4.78 is 0. The number of hydrogen-bond donors (Lipinski definition) is 7. The molecule has 0 aromatic heterocycles. The third-order valence-corrected chi connectivity index (χ3v) is 18.0. The van der Waals surface area contributed by atoms with E-state index in [1.807, 2.05) is 18.2 Å². The van der Waals surface area contributed by atoms with Crippen LogP contribution in [-0.2, 0) is 20.9 Å². The molecule has 2 amide bonds. The van der Waals surface area contributed by atoms with E-state index < -0.39 is 88.7 Å². The van der Waals surface area contributed by atoms with Crippen LogP contribution in [0.5, 0.6) is 5.75 Å². The minimum Gasteiger partial charge on any atom is -0.510 e. The van der Waals surface area contributed by atoms with Crippen LogP contribution in [0.15, 0.2) is 126 Å². The molecule has 0 unspecified atom stereocenters. The monoisotopic (exact) mass is 833 g/mol. The number of aliphatic hydroxyl groups is 4. The molecule has 0 heterocycles. The number of unbranched alkanes of at least 4 members (excludes halogenated alkanes) is 2.